The van der Waals surface area contributed by atoms with Crippen molar-refractivity contribution >= 4 is 5.97 Å². The summed E-state index contributed by atoms with van der Waals surface area (Å²) in [6.45, 7) is 0.492. The van der Waals surface area contributed by atoms with Gasteiger partial charge in [0, 0.05) is 5.92 Å². The lowest BCUT2D eigenvalue weighted by Crippen LogP contribution is -1.97. The zero-order chi connectivity index (χ0) is 9.97. The van der Waals surface area contributed by atoms with Gasteiger partial charge in [-0.15, -0.1) is 0 Å². The largest absolute Gasteiger partial charge is 0.497 e. The fourth-order valence-electron chi connectivity index (χ4n) is 1.62. The smallest absolute Gasteiger partial charge is 0.306 e. The maximum Gasteiger partial charge on any atom is 0.306 e. The first kappa shape index (κ1) is 9.06. The Balaban J connectivity index is 2.19. The van der Waals surface area contributed by atoms with Crippen molar-refractivity contribution in [1.82, 2.24) is 0 Å². The van der Waals surface area contributed by atoms with E-state index in [0.717, 1.165) is 11.3 Å². The molecule has 0 spiro atoms. The molecule has 1 heterocycles. The van der Waals surface area contributed by atoms with Crippen LogP contribution in [0.4, 0.5) is 0 Å². The Morgan fingerprint density at radius 2 is 2.36 bits per heavy atom. The molecule has 1 aromatic rings. The molecule has 1 aliphatic heterocycles. The third-order valence-corrected chi connectivity index (χ3v) is 2.42. The molecule has 1 saturated heterocycles. The van der Waals surface area contributed by atoms with Crippen LogP contribution in [-0.4, -0.2) is 19.7 Å². The van der Waals surface area contributed by atoms with Gasteiger partial charge in [0.2, 0.25) is 0 Å². The number of carbonyl (C=O) groups is 1. The minimum atomic E-state index is -0.113. The highest BCUT2D eigenvalue weighted by Crippen LogP contribution is 2.28. The lowest BCUT2D eigenvalue weighted by Gasteiger charge is -2.07. The molecule has 1 fully saturated rings. The Bertz CT molecular complexity index is 346. The van der Waals surface area contributed by atoms with E-state index in [1.165, 1.54) is 0 Å². The summed E-state index contributed by atoms with van der Waals surface area (Å²) in [5, 5.41) is 0. The Kier molecular flexibility index (Phi) is 2.39. The predicted molar refractivity (Wildman–Crippen MR) is 51.3 cm³/mol. The number of esters is 1. The van der Waals surface area contributed by atoms with E-state index in [0.29, 0.717) is 13.0 Å². The quantitative estimate of drug-likeness (QED) is 0.669. The van der Waals surface area contributed by atoms with E-state index in [1.54, 1.807) is 7.11 Å². The Morgan fingerprint density at radius 1 is 1.50 bits per heavy atom. The molecular weight excluding hydrogens is 180 g/mol. The van der Waals surface area contributed by atoms with Crippen LogP contribution < -0.4 is 4.74 Å². The van der Waals surface area contributed by atoms with E-state index in [2.05, 4.69) is 0 Å². The van der Waals surface area contributed by atoms with Crippen molar-refractivity contribution in [1.29, 1.82) is 0 Å². The number of cyclic esters (lactones) is 1. The first-order valence-corrected chi connectivity index (χ1v) is 4.59. The van der Waals surface area contributed by atoms with Crippen LogP contribution in [0.3, 0.4) is 0 Å². The first-order valence-electron chi connectivity index (χ1n) is 4.59. The number of ether oxygens (including phenoxy) is 2. The molecule has 1 aliphatic rings. The summed E-state index contributed by atoms with van der Waals surface area (Å²) in [4.78, 5) is 10.9. The van der Waals surface area contributed by atoms with Gasteiger partial charge < -0.3 is 9.47 Å². The number of methoxy groups -OCH3 is 1. The van der Waals surface area contributed by atoms with Crippen molar-refractivity contribution in [3.8, 4) is 5.75 Å². The van der Waals surface area contributed by atoms with Gasteiger partial charge >= 0.3 is 5.97 Å². The third-order valence-electron chi connectivity index (χ3n) is 2.42. The van der Waals surface area contributed by atoms with Crippen LogP contribution in [0.2, 0.25) is 0 Å². The Morgan fingerprint density at radius 3 is 3.00 bits per heavy atom. The normalized spacial score (nSPS) is 20.6. The topological polar surface area (TPSA) is 35.5 Å². The van der Waals surface area contributed by atoms with Gasteiger partial charge in [0.05, 0.1) is 20.1 Å². The van der Waals surface area contributed by atoms with Gasteiger partial charge in [-0.25, -0.2) is 0 Å². The lowest BCUT2D eigenvalue weighted by atomic mass is 9.98. The Labute approximate surface area is 82.6 Å². The van der Waals surface area contributed by atoms with Crippen LogP contribution >= 0.6 is 0 Å². The summed E-state index contributed by atoms with van der Waals surface area (Å²) in [7, 11) is 1.63. The average Bonchev–Trinajstić information content (AvgIpc) is 2.65. The molecule has 0 aromatic heterocycles. The molecule has 0 saturated carbocycles. The highest BCUT2D eigenvalue weighted by molar-refractivity contribution is 5.72. The van der Waals surface area contributed by atoms with Crippen LogP contribution in [0.25, 0.3) is 0 Å². The van der Waals surface area contributed by atoms with Crippen LogP contribution in [0.15, 0.2) is 24.3 Å². The molecule has 0 radical (unpaired) electrons. The molecule has 0 amide bonds. The summed E-state index contributed by atoms with van der Waals surface area (Å²) in [6, 6.07) is 7.76. The summed E-state index contributed by atoms with van der Waals surface area (Å²) in [5.74, 6) is 0.900. The molecule has 1 atom stereocenters. The summed E-state index contributed by atoms with van der Waals surface area (Å²) < 4.78 is 10.0. The molecule has 0 aliphatic carbocycles. The fourth-order valence-corrected chi connectivity index (χ4v) is 1.62. The van der Waals surface area contributed by atoms with Crippen LogP contribution in [0, 0.1) is 0 Å². The van der Waals surface area contributed by atoms with Crippen molar-refractivity contribution in [2.24, 2.45) is 0 Å². The maximum atomic E-state index is 10.9. The summed E-state index contributed by atoms with van der Waals surface area (Å²) in [5.41, 5.74) is 1.11. The van der Waals surface area contributed by atoms with Crippen molar-refractivity contribution in [2.45, 2.75) is 12.3 Å². The molecule has 3 heteroatoms. The van der Waals surface area contributed by atoms with E-state index in [-0.39, 0.29) is 11.9 Å². The molecule has 74 valence electrons. The van der Waals surface area contributed by atoms with Crippen molar-refractivity contribution in [3.63, 3.8) is 0 Å². The monoisotopic (exact) mass is 192 g/mol. The molecule has 2 rings (SSSR count). The van der Waals surface area contributed by atoms with E-state index in [1.807, 2.05) is 24.3 Å². The SMILES string of the molecule is COc1cccc([C@H]2COC(=O)C2)c1. The molecule has 14 heavy (non-hydrogen) atoms. The molecule has 0 N–H and O–H groups in total. The maximum absolute atomic E-state index is 10.9. The minimum Gasteiger partial charge on any atom is -0.497 e. The van der Waals surface area contributed by atoms with Crippen molar-refractivity contribution in [3.05, 3.63) is 29.8 Å². The molecule has 1 aromatic carbocycles. The van der Waals surface area contributed by atoms with Gasteiger partial charge in [-0.05, 0) is 17.7 Å². The van der Waals surface area contributed by atoms with Crippen molar-refractivity contribution < 1.29 is 14.3 Å². The molecule has 0 unspecified atom stereocenters. The van der Waals surface area contributed by atoms with Gasteiger partial charge in [-0.3, -0.25) is 4.79 Å². The summed E-state index contributed by atoms with van der Waals surface area (Å²) in [6.07, 6.45) is 0.479. The number of benzene rings is 1. The Hall–Kier alpha value is -1.51. The number of hydrogen-bond acceptors (Lipinski definition) is 3. The van der Waals surface area contributed by atoms with E-state index in [4.69, 9.17) is 9.47 Å². The van der Waals surface area contributed by atoms with E-state index >= 15 is 0 Å². The van der Waals surface area contributed by atoms with Gasteiger partial charge in [-0.2, -0.15) is 0 Å². The molecule has 3 nitrogen and oxygen atoms in total. The van der Waals surface area contributed by atoms with Crippen LogP contribution in [0.1, 0.15) is 17.9 Å². The van der Waals surface area contributed by atoms with Crippen LogP contribution in [0.5, 0.6) is 5.75 Å². The van der Waals surface area contributed by atoms with E-state index < -0.39 is 0 Å². The minimum absolute atomic E-state index is 0.113. The molecular formula is C11H12O3. The number of hydrogen-bond donors (Lipinski definition) is 0. The van der Waals surface area contributed by atoms with Gasteiger partial charge in [0.25, 0.3) is 0 Å². The van der Waals surface area contributed by atoms with Gasteiger partial charge in [0.1, 0.15) is 5.75 Å². The second-order valence-electron chi connectivity index (χ2n) is 3.36. The average molecular weight is 192 g/mol. The standard InChI is InChI=1S/C11H12O3/c1-13-10-4-2-3-8(5-10)9-6-11(12)14-7-9/h2-5,9H,6-7H2,1H3/t9-/m1/s1. The predicted octanol–water partition coefficient (Wildman–Crippen LogP) is 1.73. The van der Waals surface area contributed by atoms with E-state index in [9.17, 15) is 4.79 Å². The summed E-state index contributed by atoms with van der Waals surface area (Å²) >= 11 is 0. The second-order valence-corrected chi connectivity index (χ2v) is 3.36. The molecule has 0 bridgehead atoms. The van der Waals surface area contributed by atoms with Gasteiger partial charge in [0.15, 0.2) is 0 Å². The zero-order valence-electron chi connectivity index (χ0n) is 8.03. The third kappa shape index (κ3) is 1.71. The highest BCUT2D eigenvalue weighted by atomic mass is 16.5. The van der Waals surface area contributed by atoms with Crippen LogP contribution in [-0.2, 0) is 9.53 Å². The lowest BCUT2D eigenvalue weighted by molar-refractivity contribution is -0.137. The highest BCUT2D eigenvalue weighted by Gasteiger charge is 2.25. The number of rotatable bonds is 2. The van der Waals surface area contributed by atoms with Gasteiger partial charge in [-0.1, -0.05) is 12.1 Å². The number of carbonyl (C=O) groups excluding carboxylic acids is 1. The first-order chi connectivity index (χ1) is 6.79. The second kappa shape index (κ2) is 3.70. The van der Waals surface area contributed by atoms with Crippen molar-refractivity contribution in [2.75, 3.05) is 13.7 Å². The fraction of sp³-hybridized carbons (Fsp3) is 0.364. The zero-order valence-corrected chi connectivity index (χ0v) is 8.03.